The van der Waals surface area contributed by atoms with Gasteiger partial charge in [0.25, 0.3) is 0 Å². The molecule has 1 aliphatic rings. The topological polar surface area (TPSA) is 23.9 Å². The largest absolute Gasteiger partial charge is 0.308 e. The second-order valence-electron chi connectivity index (χ2n) is 2.88. The normalized spacial score (nSPS) is 20.4. The monoisotopic (exact) mass is 155 g/mol. The van der Waals surface area contributed by atoms with Gasteiger partial charge in [0.05, 0.1) is 0 Å². The standard InChI is InChI=1S/C8H13NS/c9-6-8(10)7-4-2-1-3-5-7/h6-7,9H,1-5H2. The summed E-state index contributed by atoms with van der Waals surface area (Å²) in [4.78, 5) is 0.861. The summed E-state index contributed by atoms with van der Waals surface area (Å²) in [5, 5.41) is 6.98. The van der Waals surface area contributed by atoms with Gasteiger partial charge in [0.1, 0.15) is 0 Å². The van der Waals surface area contributed by atoms with Gasteiger partial charge >= 0.3 is 0 Å². The van der Waals surface area contributed by atoms with E-state index in [0.717, 1.165) is 4.86 Å². The first-order chi connectivity index (χ1) is 4.84. The predicted octanol–water partition coefficient (Wildman–Crippen LogP) is 2.59. The van der Waals surface area contributed by atoms with Crippen molar-refractivity contribution in [1.29, 1.82) is 5.41 Å². The van der Waals surface area contributed by atoms with E-state index < -0.39 is 0 Å². The molecule has 0 aromatic rings. The van der Waals surface area contributed by atoms with Crippen LogP contribution in [-0.4, -0.2) is 11.1 Å². The SMILES string of the molecule is N=CC(=S)C1CCCCC1. The molecular weight excluding hydrogens is 142 g/mol. The quantitative estimate of drug-likeness (QED) is 0.481. The predicted molar refractivity (Wildman–Crippen MR) is 48.0 cm³/mol. The molecule has 0 unspecified atom stereocenters. The second kappa shape index (κ2) is 3.81. The van der Waals surface area contributed by atoms with Crippen LogP contribution >= 0.6 is 12.2 Å². The summed E-state index contributed by atoms with van der Waals surface area (Å²) in [6.07, 6.45) is 7.74. The maximum atomic E-state index is 6.98. The van der Waals surface area contributed by atoms with Gasteiger partial charge in [-0.1, -0.05) is 31.5 Å². The van der Waals surface area contributed by atoms with Gasteiger partial charge in [0.15, 0.2) is 0 Å². The van der Waals surface area contributed by atoms with Crippen LogP contribution in [-0.2, 0) is 0 Å². The molecule has 1 fully saturated rings. The fourth-order valence-corrected chi connectivity index (χ4v) is 1.74. The molecule has 0 aromatic carbocycles. The van der Waals surface area contributed by atoms with Crippen LogP contribution in [0.5, 0.6) is 0 Å². The maximum absolute atomic E-state index is 6.98. The van der Waals surface area contributed by atoms with E-state index in [1.807, 2.05) is 0 Å². The molecule has 1 rings (SSSR count). The Labute approximate surface area is 67.3 Å². The molecule has 0 saturated heterocycles. The Balaban J connectivity index is 2.38. The molecule has 1 aliphatic carbocycles. The minimum atomic E-state index is 0.557. The molecule has 0 heterocycles. The molecule has 1 N–H and O–H groups in total. The summed E-state index contributed by atoms with van der Waals surface area (Å²) < 4.78 is 0. The first kappa shape index (κ1) is 7.86. The van der Waals surface area contributed by atoms with E-state index in [1.165, 1.54) is 38.3 Å². The van der Waals surface area contributed by atoms with Gasteiger partial charge in [-0.15, -0.1) is 0 Å². The lowest BCUT2D eigenvalue weighted by molar-refractivity contribution is 0.445. The van der Waals surface area contributed by atoms with Crippen molar-refractivity contribution in [2.24, 2.45) is 5.92 Å². The zero-order valence-corrected chi connectivity index (χ0v) is 6.91. The first-order valence-electron chi connectivity index (χ1n) is 3.89. The number of thiocarbonyl (C=S) groups is 1. The third-order valence-electron chi connectivity index (χ3n) is 2.15. The molecule has 0 spiro atoms. The van der Waals surface area contributed by atoms with Gasteiger partial charge in [-0.3, -0.25) is 0 Å². The average molecular weight is 155 g/mol. The lowest BCUT2D eigenvalue weighted by atomic mass is 9.87. The van der Waals surface area contributed by atoms with Gasteiger partial charge in [0, 0.05) is 11.1 Å². The molecule has 0 amide bonds. The van der Waals surface area contributed by atoms with E-state index in [9.17, 15) is 0 Å². The van der Waals surface area contributed by atoms with Crippen molar-refractivity contribution in [2.75, 3.05) is 0 Å². The molecule has 0 aliphatic heterocycles. The number of rotatable bonds is 2. The summed E-state index contributed by atoms with van der Waals surface area (Å²) in [6, 6.07) is 0. The maximum Gasteiger partial charge on any atom is 0.0358 e. The zero-order chi connectivity index (χ0) is 7.40. The first-order valence-corrected chi connectivity index (χ1v) is 4.29. The second-order valence-corrected chi connectivity index (χ2v) is 3.35. The van der Waals surface area contributed by atoms with E-state index in [0.29, 0.717) is 5.92 Å². The van der Waals surface area contributed by atoms with Crippen molar-refractivity contribution in [1.82, 2.24) is 0 Å². The van der Waals surface area contributed by atoms with Crippen LogP contribution in [0.1, 0.15) is 32.1 Å². The lowest BCUT2D eigenvalue weighted by Gasteiger charge is -2.19. The Hall–Kier alpha value is -0.240. The van der Waals surface area contributed by atoms with E-state index in [2.05, 4.69) is 0 Å². The highest BCUT2D eigenvalue weighted by molar-refractivity contribution is 7.81. The number of hydrogen-bond acceptors (Lipinski definition) is 2. The van der Waals surface area contributed by atoms with Gasteiger partial charge < -0.3 is 5.41 Å². The number of nitrogens with one attached hydrogen (secondary N) is 1. The highest BCUT2D eigenvalue weighted by Crippen LogP contribution is 2.24. The summed E-state index contributed by atoms with van der Waals surface area (Å²) in [5.74, 6) is 0.557. The minimum Gasteiger partial charge on any atom is -0.308 e. The Morgan fingerprint density at radius 2 is 1.90 bits per heavy atom. The van der Waals surface area contributed by atoms with Crippen LogP contribution in [0.4, 0.5) is 0 Å². The summed E-state index contributed by atoms with van der Waals surface area (Å²) >= 11 is 5.03. The third-order valence-corrected chi connectivity index (χ3v) is 2.60. The van der Waals surface area contributed by atoms with Crippen molar-refractivity contribution in [3.8, 4) is 0 Å². The Morgan fingerprint density at radius 1 is 1.30 bits per heavy atom. The molecule has 0 atom stereocenters. The van der Waals surface area contributed by atoms with Crippen molar-refractivity contribution in [2.45, 2.75) is 32.1 Å². The molecule has 0 aromatic heterocycles. The van der Waals surface area contributed by atoms with Crippen LogP contribution in [0.15, 0.2) is 0 Å². The van der Waals surface area contributed by atoms with Crippen molar-refractivity contribution in [3.05, 3.63) is 0 Å². The van der Waals surface area contributed by atoms with Gasteiger partial charge in [-0.25, -0.2) is 0 Å². The van der Waals surface area contributed by atoms with Crippen molar-refractivity contribution < 1.29 is 0 Å². The molecular formula is C8H13NS. The summed E-state index contributed by atoms with van der Waals surface area (Å²) in [5.41, 5.74) is 0. The van der Waals surface area contributed by atoms with Gasteiger partial charge in [-0.2, -0.15) is 0 Å². The van der Waals surface area contributed by atoms with Crippen molar-refractivity contribution in [3.63, 3.8) is 0 Å². The molecule has 56 valence electrons. The number of hydrogen-bond donors (Lipinski definition) is 1. The van der Waals surface area contributed by atoms with Crippen LogP contribution in [0, 0.1) is 11.3 Å². The molecule has 0 radical (unpaired) electrons. The highest BCUT2D eigenvalue weighted by Gasteiger charge is 2.15. The fraction of sp³-hybridized carbons (Fsp3) is 0.750. The Bertz CT molecular complexity index is 136. The summed E-state index contributed by atoms with van der Waals surface area (Å²) in [6.45, 7) is 0. The molecule has 2 heteroatoms. The van der Waals surface area contributed by atoms with Gasteiger partial charge in [0.2, 0.25) is 0 Å². The average Bonchev–Trinajstić information content (AvgIpc) is 2.05. The van der Waals surface area contributed by atoms with Crippen LogP contribution in [0.2, 0.25) is 0 Å². The third kappa shape index (κ3) is 1.87. The molecule has 1 nitrogen and oxygen atoms in total. The van der Waals surface area contributed by atoms with E-state index in [4.69, 9.17) is 17.6 Å². The van der Waals surface area contributed by atoms with E-state index in [-0.39, 0.29) is 0 Å². The minimum absolute atomic E-state index is 0.557. The molecule has 1 saturated carbocycles. The van der Waals surface area contributed by atoms with Crippen molar-refractivity contribution >= 4 is 23.3 Å². The smallest absolute Gasteiger partial charge is 0.0358 e. The molecule has 0 bridgehead atoms. The lowest BCUT2D eigenvalue weighted by Crippen LogP contribution is -2.16. The van der Waals surface area contributed by atoms with Crippen LogP contribution in [0.25, 0.3) is 0 Å². The van der Waals surface area contributed by atoms with Crippen LogP contribution < -0.4 is 0 Å². The fourth-order valence-electron chi connectivity index (χ4n) is 1.50. The van der Waals surface area contributed by atoms with Crippen LogP contribution in [0.3, 0.4) is 0 Å². The molecule has 10 heavy (non-hydrogen) atoms. The van der Waals surface area contributed by atoms with Gasteiger partial charge in [-0.05, 0) is 18.8 Å². The summed E-state index contributed by atoms with van der Waals surface area (Å²) in [7, 11) is 0. The Kier molecular flexibility index (Phi) is 3.00. The van der Waals surface area contributed by atoms with E-state index >= 15 is 0 Å². The zero-order valence-electron chi connectivity index (χ0n) is 6.10. The van der Waals surface area contributed by atoms with E-state index in [1.54, 1.807) is 0 Å². The highest BCUT2D eigenvalue weighted by atomic mass is 32.1. The Morgan fingerprint density at radius 3 is 2.40 bits per heavy atom.